The Bertz CT molecular complexity index is 1030. The third-order valence-corrected chi connectivity index (χ3v) is 13.2. The van der Waals surface area contributed by atoms with Crippen molar-refractivity contribution in [3.8, 4) is 0 Å². The number of carbonyl (C=O) groups is 2. The molecule has 0 amide bonds. The molecule has 5 heteroatoms. The lowest BCUT2D eigenvalue weighted by atomic mass is 10.0. The van der Waals surface area contributed by atoms with Crippen molar-refractivity contribution in [2.24, 2.45) is 0 Å². The second-order valence-electron chi connectivity index (χ2n) is 19.7. The average molecular weight is 914 g/mol. The molecule has 382 valence electrons. The van der Waals surface area contributed by atoms with Gasteiger partial charge >= 0.3 is 11.9 Å². The number of aliphatic hydroxyl groups is 1. The molecule has 65 heavy (non-hydrogen) atoms. The van der Waals surface area contributed by atoms with Crippen molar-refractivity contribution in [3.63, 3.8) is 0 Å². The third kappa shape index (κ3) is 54.6. The normalized spacial score (nSPS) is 12.4. The van der Waals surface area contributed by atoms with E-state index in [2.05, 4.69) is 50.3 Å². The molecule has 0 bridgehead atoms. The van der Waals surface area contributed by atoms with Gasteiger partial charge in [-0.15, -0.1) is 0 Å². The van der Waals surface area contributed by atoms with Gasteiger partial charge in [-0.25, -0.2) is 0 Å². The lowest BCUT2D eigenvalue weighted by Gasteiger charge is -2.15. The zero-order valence-electron chi connectivity index (χ0n) is 43.8. The number of rotatable bonds is 54. The first kappa shape index (κ1) is 63.1. The van der Waals surface area contributed by atoms with Gasteiger partial charge in [0.1, 0.15) is 6.61 Å². The molecule has 5 nitrogen and oxygen atoms in total. The predicted octanol–water partition coefficient (Wildman–Crippen LogP) is 19.5. The summed E-state index contributed by atoms with van der Waals surface area (Å²) in [6, 6.07) is 0. The maximum atomic E-state index is 12.3. The van der Waals surface area contributed by atoms with Crippen LogP contribution in [-0.4, -0.2) is 36.4 Å². The van der Waals surface area contributed by atoms with Crippen LogP contribution in [0, 0.1) is 0 Å². The molecule has 0 heterocycles. The smallest absolute Gasteiger partial charge is 0.306 e. The first-order valence-electron chi connectivity index (χ1n) is 29.0. The molecule has 1 N–H and O–H groups in total. The summed E-state index contributed by atoms with van der Waals surface area (Å²) in [6.07, 6.45) is 72.8. The first-order valence-corrected chi connectivity index (χ1v) is 29.0. The second-order valence-corrected chi connectivity index (χ2v) is 19.7. The molecule has 0 aromatic heterocycles. The van der Waals surface area contributed by atoms with Gasteiger partial charge in [-0.2, -0.15) is 0 Å². The highest BCUT2D eigenvalue weighted by Crippen LogP contribution is 2.17. The van der Waals surface area contributed by atoms with Crippen LogP contribution in [0.15, 0.2) is 36.5 Å². The van der Waals surface area contributed by atoms with Crippen molar-refractivity contribution in [2.75, 3.05) is 13.2 Å². The standard InChI is InChI=1S/C60H112O5/c1-3-5-7-9-11-13-15-17-19-21-22-23-24-25-26-27-28-29-30-31-32-33-34-35-36-37-38-39-41-43-45-47-49-51-53-55-60(63)65-58(56-61)57-64-59(62)54-52-50-48-46-44-42-40-20-18-16-14-12-10-8-6-4-2/h15,17,20-22,40,58,61H,3-14,16,18-19,23-39,41-57H2,1-2H3/b17-15-,22-21-,40-20-. The van der Waals surface area contributed by atoms with Crippen molar-refractivity contribution in [1.82, 2.24) is 0 Å². The molecular weight excluding hydrogens is 801 g/mol. The van der Waals surface area contributed by atoms with E-state index in [1.807, 2.05) is 0 Å². The van der Waals surface area contributed by atoms with Crippen molar-refractivity contribution < 1.29 is 24.2 Å². The summed E-state index contributed by atoms with van der Waals surface area (Å²) in [5, 5.41) is 9.64. The molecule has 1 atom stereocenters. The monoisotopic (exact) mass is 913 g/mol. The van der Waals surface area contributed by atoms with Gasteiger partial charge in [0.15, 0.2) is 6.10 Å². The SMILES string of the molecule is CCCCCCC/C=C\C/C=C\CCCCCCCCCCCCCCCCCCCCCCCCCC(=O)OC(CO)COC(=O)CCCCCCC/C=C\CCCCCCCCC. The predicted molar refractivity (Wildman–Crippen MR) is 284 cm³/mol. The fraction of sp³-hybridized carbons (Fsp3) is 0.867. The number of aliphatic hydroxyl groups excluding tert-OH is 1. The first-order chi connectivity index (χ1) is 32.1. The minimum Gasteiger partial charge on any atom is -0.462 e. The van der Waals surface area contributed by atoms with E-state index in [9.17, 15) is 14.7 Å². The summed E-state index contributed by atoms with van der Waals surface area (Å²) in [6.45, 7) is 4.16. The maximum absolute atomic E-state index is 12.3. The van der Waals surface area contributed by atoms with Crippen molar-refractivity contribution in [1.29, 1.82) is 0 Å². The topological polar surface area (TPSA) is 72.8 Å². The van der Waals surface area contributed by atoms with E-state index in [1.165, 1.54) is 238 Å². The van der Waals surface area contributed by atoms with Gasteiger partial charge in [0, 0.05) is 12.8 Å². The molecule has 0 aromatic carbocycles. The van der Waals surface area contributed by atoms with Crippen molar-refractivity contribution >= 4 is 11.9 Å². The Labute approximate surface area is 406 Å². The number of allylic oxidation sites excluding steroid dienone is 6. The number of hydrogen-bond acceptors (Lipinski definition) is 5. The number of unbranched alkanes of at least 4 members (excludes halogenated alkanes) is 40. The molecule has 0 aliphatic heterocycles. The lowest BCUT2D eigenvalue weighted by Crippen LogP contribution is -2.28. The summed E-state index contributed by atoms with van der Waals surface area (Å²) < 4.78 is 10.7. The largest absolute Gasteiger partial charge is 0.462 e. The van der Waals surface area contributed by atoms with E-state index >= 15 is 0 Å². The Kier molecular flexibility index (Phi) is 54.8. The van der Waals surface area contributed by atoms with Crippen LogP contribution in [-0.2, 0) is 19.1 Å². The molecule has 0 radical (unpaired) electrons. The fourth-order valence-electron chi connectivity index (χ4n) is 8.76. The molecule has 0 aromatic rings. The number of esters is 2. The van der Waals surface area contributed by atoms with Crippen LogP contribution in [0.1, 0.15) is 316 Å². The lowest BCUT2D eigenvalue weighted by molar-refractivity contribution is -0.161. The van der Waals surface area contributed by atoms with Gasteiger partial charge in [0.25, 0.3) is 0 Å². The minimum absolute atomic E-state index is 0.0655. The van der Waals surface area contributed by atoms with E-state index in [1.54, 1.807) is 0 Å². The van der Waals surface area contributed by atoms with Gasteiger partial charge in [-0.05, 0) is 70.6 Å². The number of hydrogen-bond donors (Lipinski definition) is 1. The van der Waals surface area contributed by atoms with E-state index in [0.717, 1.165) is 51.4 Å². The van der Waals surface area contributed by atoms with Gasteiger partial charge in [0.05, 0.1) is 6.61 Å². The van der Waals surface area contributed by atoms with Crippen LogP contribution in [0.25, 0.3) is 0 Å². The molecule has 0 saturated heterocycles. The quantitative estimate of drug-likeness (QED) is 0.0374. The van der Waals surface area contributed by atoms with E-state index in [-0.39, 0.29) is 25.2 Å². The highest BCUT2D eigenvalue weighted by atomic mass is 16.6. The molecule has 0 spiro atoms. The van der Waals surface area contributed by atoms with Crippen molar-refractivity contribution in [2.45, 2.75) is 322 Å². The number of ether oxygens (including phenoxy) is 2. The number of carbonyl (C=O) groups excluding carboxylic acids is 2. The third-order valence-electron chi connectivity index (χ3n) is 13.2. The Balaban J connectivity index is 3.40. The summed E-state index contributed by atoms with van der Waals surface area (Å²) in [4.78, 5) is 24.5. The average Bonchev–Trinajstić information content (AvgIpc) is 3.31. The highest BCUT2D eigenvalue weighted by molar-refractivity contribution is 5.70. The molecule has 1 unspecified atom stereocenters. The van der Waals surface area contributed by atoms with Gasteiger partial charge in [0.2, 0.25) is 0 Å². The Hall–Kier alpha value is -1.88. The molecule has 0 rings (SSSR count). The van der Waals surface area contributed by atoms with Crippen LogP contribution in [0.4, 0.5) is 0 Å². The van der Waals surface area contributed by atoms with Crippen LogP contribution < -0.4 is 0 Å². The summed E-state index contributed by atoms with van der Waals surface area (Å²) in [7, 11) is 0. The van der Waals surface area contributed by atoms with Gasteiger partial charge in [-0.1, -0.05) is 269 Å². The van der Waals surface area contributed by atoms with E-state index in [0.29, 0.717) is 12.8 Å². The van der Waals surface area contributed by atoms with Crippen LogP contribution >= 0.6 is 0 Å². The van der Waals surface area contributed by atoms with Crippen LogP contribution in [0.5, 0.6) is 0 Å². The molecular formula is C60H112O5. The maximum Gasteiger partial charge on any atom is 0.306 e. The Morgan fingerprint density at radius 3 is 0.923 bits per heavy atom. The molecule has 0 aliphatic carbocycles. The Morgan fingerprint density at radius 1 is 0.354 bits per heavy atom. The minimum atomic E-state index is -0.772. The van der Waals surface area contributed by atoms with E-state index < -0.39 is 6.10 Å². The van der Waals surface area contributed by atoms with Crippen LogP contribution in [0.2, 0.25) is 0 Å². The van der Waals surface area contributed by atoms with Gasteiger partial charge < -0.3 is 14.6 Å². The summed E-state index contributed by atoms with van der Waals surface area (Å²) in [5.41, 5.74) is 0. The molecule has 0 fully saturated rings. The molecule has 0 aliphatic rings. The summed E-state index contributed by atoms with van der Waals surface area (Å²) >= 11 is 0. The zero-order chi connectivity index (χ0) is 47.0. The zero-order valence-corrected chi connectivity index (χ0v) is 43.8. The summed E-state index contributed by atoms with van der Waals surface area (Å²) in [5.74, 6) is -0.584. The van der Waals surface area contributed by atoms with Gasteiger partial charge in [-0.3, -0.25) is 9.59 Å². The molecule has 0 saturated carbocycles. The fourth-order valence-corrected chi connectivity index (χ4v) is 8.76. The van der Waals surface area contributed by atoms with Crippen LogP contribution in [0.3, 0.4) is 0 Å². The highest BCUT2D eigenvalue weighted by Gasteiger charge is 2.16. The van der Waals surface area contributed by atoms with Crippen molar-refractivity contribution in [3.05, 3.63) is 36.5 Å². The Morgan fingerprint density at radius 2 is 0.615 bits per heavy atom. The second kappa shape index (κ2) is 56.4. The van der Waals surface area contributed by atoms with E-state index in [4.69, 9.17) is 9.47 Å².